The summed E-state index contributed by atoms with van der Waals surface area (Å²) < 4.78 is 0. The van der Waals surface area contributed by atoms with Gasteiger partial charge in [-0.15, -0.1) is 0 Å². The Morgan fingerprint density at radius 1 is 1.30 bits per heavy atom. The molecule has 2 heteroatoms. The Kier molecular flexibility index (Phi) is 2.02. The van der Waals surface area contributed by atoms with Crippen molar-refractivity contribution in [1.82, 2.24) is 0 Å². The Morgan fingerprint density at radius 2 is 1.70 bits per heavy atom. The van der Waals surface area contributed by atoms with E-state index in [1.165, 1.54) is 0 Å². The zero-order valence-electron chi connectivity index (χ0n) is 6.93. The summed E-state index contributed by atoms with van der Waals surface area (Å²) in [4.78, 5) is 0. The zero-order chi connectivity index (χ0) is 7.78. The highest BCUT2D eigenvalue weighted by Gasteiger charge is 2.36. The lowest BCUT2D eigenvalue weighted by molar-refractivity contribution is 0.431. The van der Waals surface area contributed by atoms with Crippen LogP contribution in [-0.2, 0) is 0 Å². The first kappa shape index (κ1) is 8.02. The van der Waals surface area contributed by atoms with Gasteiger partial charge in [0.2, 0.25) is 0 Å². The molecule has 0 aromatic rings. The van der Waals surface area contributed by atoms with Crippen LogP contribution in [0.25, 0.3) is 0 Å². The minimum atomic E-state index is -0.0428. The lowest BCUT2D eigenvalue weighted by atomic mass is 9.98. The van der Waals surface area contributed by atoms with Crippen molar-refractivity contribution in [1.29, 1.82) is 0 Å². The van der Waals surface area contributed by atoms with E-state index in [1.807, 2.05) is 0 Å². The number of hydrogen-bond donors (Lipinski definition) is 2. The normalized spacial score (nSPS) is 38.4. The van der Waals surface area contributed by atoms with E-state index in [4.69, 9.17) is 11.5 Å². The Morgan fingerprint density at radius 3 is 1.90 bits per heavy atom. The first-order valence-corrected chi connectivity index (χ1v) is 4.06. The molecule has 0 unspecified atom stereocenters. The van der Waals surface area contributed by atoms with Crippen molar-refractivity contribution in [2.24, 2.45) is 23.3 Å². The largest absolute Gasteiger partial charge is 0.329 e. The molecule has 2 atom stereocenters. The third-order valence-electron chi connectivity index (χ3n) is 2.83. The van der Waals surface area contributed by atoms with Crippen LogP contribution >= 0.6 is 0 Å². The summed E-state index contributed by atoms with van der Waals surface area (Å²) in [5.41, 5.74) is 11.5. The third-order valence-corrected chi connectivity index (χ3v) is 2.83. The molecule has 1 aliphatic carbocycles. The van der Waals surface area contributed by atoms with Crippen molar-refractivity contribution in [3.05, 3.63) is 0 Å². The van der Waals surface area contributed by atoms with Gasteiger partial charge < -0.3 is 11.5 Å². The molecule has 1 aliphatic rings. The lowest BCUT2D eigenvalue weighted by Crippen LogP contribution is -2.44. The summed E-state index contributed by atoms with van der Waals surface area (Å²) in [5, 5.41) is 0. The van der Waals surface area contributed by atoms with Crippen molar-refractivity contribution in [2.75, 3.05) is 6.54 Å². The van der Waals surface area contributed by atoms with E-state index in [1.54, 1.807) is 0 Å². The number of rotatable bonds is 1. The standard InChI is InChI=1S/C8H18N2/c1-6-3-8(10,5-9)4-7(6)2/h6-7H,3-5,9-10H2,1-2H3/t6-,7-/m1/s1. The van der Waals surface area contributed by atoms with Crippen LogP contribution in [0.4, 0.5) is 0 Å². The highest BCUT2D eigenvalue weighted by molar-refractivity contribution is 4.95. The van der Waals surface area contributed by atoms with Crippen molar-refractivity contribution in [2.45, 2.75) is 32.2 Å². The fraction of sp³-hybridized carbons (Fsp3) is 1.00. The van der Waals surface area contributed by atoms with Gasteiger partial charge in [-0.1, -0.05) is 13.8 Å². The second kappa shape index (κ2) is 2.51. The maximum atomic E-state index is 6.01. The van der Waals surface area contributed by atoms with Crippen LogP contribution in [0.5, 0.6) is 0 Å². The molecule has 1 fully saturated rings. The van der Waals surface area contributed by atoms with Gasteiger partial charge in [-0.05, 0) is 24.7 Å². The number of nitrogens with two attached hydrogens (primary N) is 2. The molecule has 60 valence electrons. The van der Waals surface area contributed by atoms with Gasteiger partial charge in [-0.2, -0.15) is 0 Å². The van der Waals surface area contributed by atoms with Gasteiger partial charge in [0.1, 0.15) is 0 Å². The molecule has 0 amide bonds. The van der Waals surface area contributed by atoms with Crippen LogP contribution in [0.3, 0.4) is 0 Å². The second-order valence-corrected chi connectivity index (χ2v) is 3.93. The molecule has 0 aromatic heterocycles. The fourth-order valence-corrected chi connectivity index (χ4v) is 1.93. The summed E-state index contributed by atoms with van der Waals surface area (Å²) >= 11 is 0. The van der Waals surface area contributed by atoms with E-state index < -0.39 is 0 Å². The van der Waals surface area contributed by atoms with E-state index in [9.17, 15) is 0 Å². The highest BCUT2D eigenvalue weighted by Crippen LogP contribution is 2.36. The van der Waals surface area contributed by atoms with E-state index in [0.29, 0.717) is 6.54 Å². The molecule has 0 heterocycles. The molecule has 0 bridgehead atoms. The minimum absolute atomic E-state index is 0.0428. The average molecular weight is 142 g/mol. The smallest absolute Gasteiger partial charge is 0.0283 e. The third kappa shape index (κ3) is 1.32. The van der Waals surface area contributed by atoms with Crippen LogP contribution in [0, 0.1) is 11.8 Å². The summed E-state index contributed by atoms with van der Waals surface area (Å²) in [6.07, 6.45) is 2.20. The predicted octanol–water partition coefficient (Wildman–Crippen LogP) is 0.709. The van der Waals surface area contributed by atoms with Crippen LogP contribution < -0.4 is 11.5 Å². The van der Waals surface area contributed by atoms with Crippen molar-refractivity contribution < 1.29 is 0 Å². The zero-order valence-corrected chi connectivity index (χ0v) is 6.93. The van der Waals surface area contributed by atoms with E-state index in [-0.39, 0.29) is 5.54 Å². The molecule has 1 saturated carbocycles. The molecule has 1 rings (SSSR count). The fourth-order valence-electron chi connectivity index (χ4n) is 1.93. The SMILES string of the molecule is C[C@@H]1CC(N)(CN)C[C@H]1C. The Balaban J connectivity index is 2.55. The monoisotopic (exact) mass is 142 g/mol. The molecular weight excluding hydrogens is 124 g/mol. The Bertz CT molecular complexity index is 112. The van der Waals surface area contributed by atoms with Crippen LogP contribution in [0.2, 0.25) is 0 Å². The van der Waals surface area contributed by atoms with Crippen molar-refractivity contribution in [3.8, 4) is 0 Å². The van der Waals surface area contributed by atoms with E-state index >= 15 is 0 Å². The summed E-state index contributed by atoms with van der Waals surface area (Å²) in [6.45, 7) is 5.16. The molecule has 0 radical (unpaired) electrons. The van der Waals surface area contributed by atoms with Crippen LogP contribution in [-0.4, -0.2) is 12.1 Å². The van der Waals surface area contributed by atoms with Gasteiger partial charge in [-0.25, -0.2) is 0 Å². The maximum Gasteiger partial charge on any atom is 0.0283 e. The van der Waals surface area contributed by atoms with Gasteiger partial charge in [0.15, 0.2) is 0 Å². The predicted molar refractivity (Wildman–Crippen MR) is 43.5 cm³/mol. The summed E-state index contributed by atoms with van der Waals surface area (Å²) in [5.74, 6) is 1.52. The summed E-state index contributed by atoms with van der Waals surface area (Å²) in [7, 11) is 0. The first-order valence-electron chi connectivity index (χ1n) is 4.06. The van der Waals surface area contributed by atoms with Crippen molar-refractivity contribution >= 4 is 0 Å². The first-order chi connectivity index (χ1) is 4.57. The Hall–Kier alpha value is -0.0800. The molecule has 0 spiro atoms. The average Bonchev–Trinajstić information content (AvgIpc) is 2.10. The quantitative estimate of drug-likeness (QED) is 0.566. The molecule has 0 saturated heterocycles. The molecular formula is C8H18N2. The van der Waals surface area contributed by atoms with Gasteiger partial charge in [0, 0.05) is 12.1 Å². The molecule has 10 heavy (non-hydrogen) atoms. The number of hydrogen-bond acceptors (Lipinski definition) is 2. The van der Waals surface area contributed by atoms with E-state index in [2.05, 4.69) is 13.8 Å². The van der Waals surface area contributed by atoms with Crippen LogP contribution in [0.1, 0.15) is 26.7 Å². The van der Waals surface area contributed by atoms with Crippen LogP contribution in [0.15, 0.2) is 0 Å². The molecule has 0 aliphatic heterocycles. The molecule has 2 nitrogen and oxygen atoms in total. The van der Waals surface area contributed by atoms with Gasteiger partial charge in [0.25, 0.3) is 0 Å². The molecule has 4 N–H and O–H groups in total. The van der Waals surface area contributed by atoms with Gasteiger partial charge in [-0.3, -0.25) is 0 Å². The van der Waals surface area contributed by atoms with E-state index in [0.717, 1.165) is 24.7 Å². The van der Waals surface area contributed by atoms with Crippen molar-refractivity contribution in [3.63, 3.8) is 0 Å². The maximum absolute atomic E-state index is 6.01. The van der Waals surface area contributed by atoms with Gasteiger partial charge in [0.05, 0.1) is 0 Å². The lowest BCUT2D eigenvalue weighted by Gasteiger charge is -2.20. The van der Waals surface area contributed by atoms with Gasteiger partial charge >= 0.3 is 0 Å². The highest BCUT2D eigenvalue weighted by atomic mass is 14.8. The Labute approximate surface area is 63.0 Å². The second-order valence-electron chi connectivity index (χ2n) is 3.93. The topological polar surface area (TPSA) is 52.0 Å². The molecule has 0 aromatic carbocycles. The summed E-state index contributed by atoms with van der Waals surface area (Å²) in [6, 6.07) is 0. The minimum Gasteiger partial charge on any atom is -0.329 e.